The molecule has 1 aliphatic heterocycles. The van der Waals surface area contributed by atoms with Gasteiger partial charge in [0.2, 0.25) is 5.95 Å². The zero-order chi connectivity index (χ0) is 17.9. The van der Waals surface area contributed by atoms with Gasteiger partial charge in [-0.25, -0.2) is 4.98 Å². The van der Waals surface area contributed by atoms with Crippen molar-refractivity contribution < 1.29 is 15.7 Å². The number of anilines is 1. The second-order valence-electron chi connectivity index (χ2n) is 6.61. The summed E-state index contributed by atoms with van der Waals surface area (Å²) in [6.07, 6.45) is 2.10. The van der Waals surface area contributed by atoms with Gasteiger partial charge in [0.05, 0.1) is 17.6 Å². The van der Waals surface area contributed by atoms with E-state index in [4.69, 9.17) is 16.6 Å². The van der Waals surface area contributed by atoms with Gasteiger partial charge in [-0.15, -0.1) is 0 Å². The third-order valence-electron chi connectivity index (χ3n) is 4.79. The molecule has 150 valence electrons. The number of Topliss-reactive ketones (excluding diaryl/α,β-unsaturated/α-hetero) is 1. The number of halogens is 1. The van der Waals surface area contributed by atoms with Crippen LogP contribution in [0.1, 0.15) is 23.2 Å². The highest BCUT2D eigenvalue weighted by molar-refractivity contribution is 6.30. The molecule has 6 N–H and O–H groups in total. The standard InChI is InChI=1S/C20H21ClN4O.2H2O/c21-15-7-5-14(6-8-15)19(26)13-25-18-4-2-1-3-17(18)24-20(25)23-16-9-11-22-12-10-16;;/h1-8,16,22H,9-13H2,(H,23,24);2*1H2. The Morgan fingerprint density at radius 1 is 1.11 bits per heavy atom. The summed E-state index contributed by atoms with van der Waals surface area (Å²) < 4.78 is 1.98. The first kappa shape index (κ1) is 21.8. The van der Waals surface area contributed by atoms with E-state index in [9.17, 15) is 4.79 Å². The molecule has 0 spiro atoms. The molecule has 0 bridgehead atoms. The predicted octanol–water partition coefficient (Wildman–Crippen LogP) is 2.09. The van der Waals surface area contributed by atoms with E-state index in [1.54, 1.807) is 24.3 Å². The van der Waals surface area contributed by atoms with Crippen LogP contribution in [-0.4, -0.2) is 45.4 Å². The summed E-state index contributed by atoms with van der Waals surface area (Å²) in [4.78, 5) is 17.5. The number of fused-ring (bicyclic) bond motifs is 1. The van der Waals surface area contributed by atoms with Crippen LogP contribution in [-0.2, 0) is 6.54 Å². The average Bonchev–Trinajstić information content (AvgIpc) is 3.00. The third-order valence-corrected chi connectivity index (χ3v) is 5.05. The molecule has 0 radical (unpaired) electrons. The Morgan fingerprint density at radius 3 is 2.50 bits per heavy atom. The van der Waals surface area contributed by atoms with Crippen LogP contribution in [0.2, 0.25) is 5.02 Å². The van der Waals surface area contributed by atoms with Gasteiger partial charge in [0.1, 0.15) is 0 Å². The number of nitrogens with one attached hydrogen (secondary N) is 2. The van der Waals surface area contributed by atoms with E-state index in [0.717, 1.165) is 42.9 Å². The maximum absolute atomic E-state index is 12.8. The van der Waals surface area contributed by atoms with Crippen molar-refractivity contribution >= 4 is 34.4 Å². The fraction of sp³-hybridized carbons (Fsp3) is 0.300. The van der Waals surface area contributed by atoms with E-state index < -0.39 is 0 Å². The van der Waals surface area contributed by atoms with Crippen LogP contribution in [0.5, 0.6) is 0 Å². The fourth-order valence-corrected chi connectivity index (χ4v) is 3.49. The minimum atomic E-state index is 0. The molecule has 1 aliphatic rings. The Bertz CT molecular complexity index is 921. The highest BCUT2D eigenvalue weighted by Gasteiger charge is 2.19. The topological polar surface area (TPSA) is 122 Å². The van der Waals surface area contributed by atoms with Gasteiger partial charge in [-0.2, -0.15) is 0 Å². The first-order valence-electron chi connectivity index (χ1n) is 8.92. The lowest BCUT2D eigenvalue weighted by molar-refractivity contribution is 0.0974. The summed E-state index contributed by atoms with van der Waals surface area (Å²) in [5, 5.41) is 7.54. The van der Waals surface area contributed by atoms with E-state index in [2.05, 4.69) is 10.6 Å². The molecule has 0 amide bonds. The summed E-state index contributed by atoms with van der Waals surface area (Å²) in [6.45, 7) is 2.25. The number of aromatic nitrogens is 2. The molecule has 7 nitrogen and oxygen atoms in total. The second-order valence-corrected chi connectivity index (χ2v) is 7.05. The van der Waals surface area contributed by atoms with Crippen molar-refractivity contribution in [2.75, 3.05) is 18.4 Å². The van der Waals surface area contributed by atoms with Gasteiger partial charge in [0.15, 0.2) is 5.78 Å². The van der Waals surface area contributed by atoms with E-state index in [1.165, 1.54) is 0 Å². The SMILES string of the molecule is O.O.O=C(Cn1c(NC2CCNCC2)nc2ccccc21)c1ccc(Cl)cc1. The molecule has 1 aromatic heterocycles. The maximum Gasteiger partial charge on any atom is 0.204 e. The molecule has 0 aliphatic carbocycles. The summed E-state index contributed by atoms with van der Waals surface area (Å²) in [7, 11) is 0. The highest BCUT2D eigenvalue weighted by atomic mass is 35.5. The van der Waals surface area contributed by atoms with Gasteiger partial charge >= 0.3 is 0 Å². The van der Waals surface area contributed by atoms with Crippen LogP contribution >= 0.6 is 11.6 Å². The quantitative estimate of drug-likeness (QED) is 0.632. The number of piperidine rings is 1. The zero-order valence-electron chi connectivity index (χ0n) is 15.4. The third kappa shape index (κ3) is 4.69. The Kier molecular flexibility index (Phi) is 7.53. The van der Waals surface area contributed by atoms with E-state index >= 15 is 0 Å². The van der Waals surface area contributed by atoms with Crippen molar-refractivity contribution in [2.24, 2.45) is 0 Å². The molecule has 1 saturated heterocycles. The summed E-state index contributed by atoms with van der Waals surface area (Å²) in [5.41, 5.74) is 2.51. The summed E-state index contributed by atoms with van der Waals surface area (Å²) in [6, 6.07) is 15.3. The number of nitrogens with zero attached hydrogens (tertiary/aromatic N) is 2. The number of imidazole rings is 1. The van der Waals surface area contributed by atoms with Crippen molar-refractivity contribution in [1.82, 2.24) is 14.9 Å². The normalized spacial score (nSPS) is 14.2. The molecule has 1 fully saturated rings. The number of hydrogen-bond acceptors (Lipinski definition) is 4. The molecule has 0 unspecified atom stereocenters. The van der Waals surface area contributed by atoms with Crippen LogP contribution in [0.25, 0.3) is 11.0 Å². The molecule has 28 heavy (non-hydrogen) atoms. The number of para-hydroxylation sites is 2. The van der Waals surface area contributed by atoms with Crippen molar-refractivity contribution in [3.05, 3.63) is 59.1 Å². The molecular weight excluding hydrogens is 380 g/mol. The number of carbonyl (C=O) groups excluding carboxylic acids is 1. The minimum Gasteiger partial charge on any atom is -0.412 e. The van der Waals surface area contributed by atoms with Crippen molar-refractivity contribution in [3.63, 3.8) is 0 Å². The second kappa shape index (κ2) is 9.66. The number of hydrogen-bond donors (Lipinski definition) is 2. The molecule has 0 saturated carbocycles. The number of benzene rings is 2. The number of ketones is 1. The van der Waals surface area contributed by atoms with Crippen LogP contribution in [0, 0.1) is 0 Å². The Labute approximate surface area is 168 Å². The Hall–Kier alpha value is -2.45. The summed E-state index contributed by atoms with van der Waals surface area (Å²) in [5.74, 6) is 0.804. The molecule has 2 heterocycles. The molecule has 2 aromatic carbocycles. The Morgan fingerprint density at radius 2 is 1.79 bits per heavy atom. The molecule has 8 heteroatoms. The van der Waals surface area contributed by atoms with Gasteiger partial charge in [0, 0.05) is 16.6 Å². The van der Waals surface area contributed by atoms with Crippen LogP contribution < -0.4 is 10.6 Å². The van der Waals surface area contributed by atoms with Crippen LogP contribution in [0.15, 0.2) is 48.5 Å². The van der Waals surface area contributed by atoms with Crippen molar-refractivity contribution in [2.45, 2.75) is 25.4 Å². The van der Waals surface area contributed by atoms with E-state index in [0.29, 0.717) is 16.6 Å². The van der Waals surface area contributed by atoms with Gasteiger partial charge in [0.25, 0.3) is 0 Å². The molecule has 4 rings (SSSR count). The largest absolute Gasteiger partial charge is 0.412 e. The summed E-state index contributed by atoms with van der Waals surface area (Å²) >= 11 is 5.93. The van der Waals surface area contributed by atoms with Gasteiger partial charge < -0.3 is 26.2 Å². The molecule has 0 atom stereocenters. The Balaban J connectivity index is 0.00000140. The number of rotatable bonds is 5. The van der Waals surface area contributed by atoms with Crippen LogP contribution in [0.3, 0.4) is 0 Å². The monoisotopic (exact) mass is 404 g/mol. The average molecular weight is 405 g/mol. The fourth-order valence-electron chi connectivity index (χ4n) is 3.37. The zero-order valence-corrected chi connectivity index (χ0v) is 16.2. The van der Waals surface area contributed by atoms with Crippen molar-refractivity contribution in [1.29, 1.82) is 0 Å². The van der Waals surface area contributed by atoms with Gasteiger partial charge in [-0.05, 0) is 62.3 Å². The van der Waals surface area contributed by atoms with E-state index in [-0.39, 0.29) is 23.3 Å². The number of carbonyl (C=O) groups is 1. The maximum atomic E-state index is 12.8. The first-order chi connectivity index (χ1) is 12.7. The predicted molar refractivity (Wildman–Crippen MR) is 112 cm³/mol. The lowest BCUT2D eigenvalue weighted by atomic mass is 10.1. The van der Waals surface area contributed by atoms with Gasteiger partial charge in [-0.3, -0.25) is 4.79 Å². The lowest BCUT2D eigenvalue weighted by Gasteiger charge is -2.24. The van der Waals surface area contributed by atoms with Crippen molar-refractivity contribution in [3.8, 4) is 0 Å². The molecular formula is C20H25ClN4O3. The highest BCUT2D eigenvalue weighted by Crippen LogP contribution is 2.22. The first-order valence-corrected chi connectivity index (χ1v) is 9.30. The smallest absolute Gasteiger partial charge is 0.204 e. The lowest BCUT2D eigenvalue weighted by Crippen LogP contribution is -2.36. The van der Waals surface area contributed by atoms with Gasteiger partial charge in [-0.1, -0.05) is 23.7 Å². The molecule has 3 aromatic rings. The minimum absolute atomic E-state index is 0. The van der Waals surface area contributed by atoms with E-state index in [1.807, 2.05) is 28.8 Å². The van der Waals surface area contributed by atoms with Crippen LogP contribution in [0.4, 0.5) is 5.95 Å².